The fraction of sp³-hybridized carbons (Fsp3) is 0.391. The predicted octanol–water partition coefficient (Wildman–Crippen LogP) is 4.23. The van der Waals surface area contributed by atoms with Gasteiger partial charge in [0.2, 0.25) is 0 Å². The van der Waals surface area contributed by atoms with Crippen molar-refractivity contribution >= 4 is 17.6 Å². The Hall–Kier alpha value is -3.02. The molecule has 0 radical (unpaired) electrons. The molecule has 1 aliphatic carbocycles. The Morgan fingerprint density at radius 1 is 0.966 bits per heavy atom. The molecular weight excluding hydrogens is 370 g/mol. The number of esters is 1. The van der Waals surface area contributed by atoms with Crippen molar-refractivity contribution in [2.24, 2.45) is 0 Å². The van der Waals surface area contributed by atoms with Crippen LogP contribution in [0.2, 0.25) is 0 Å². The summed E-state index contributed by atoms with van der Waals surface area (Å²) in [6.07, 6.45) is 5.97. The van der Waals surface area contributed by atoms with Gasteiger partial charge in [-0.1, -0.05) is 36.8 Å². The highest BCUT2D eigenvalue weighted by Crippen LogP contribution is 2.46. The topological polar surface area (TPSA) is 73.9 Å². The highest BCUT2D eigenvalue weighted by molar-refractivity contribution is 5.93. The maximum absolute atomic E-state index is 12.1. The van der Waals surface area contributed by atoms with E-state index in [0.717, 1.165) is 31.2 Å². The minimum atomic E-state index is -0.544. The van der Waals surface area contributed by atoms with Crippen molar-refractivity contribution in [2.45, 2.75) is 50.7 Å². The monoisotopic (exact) mass is 395 g/mol. The maximum Gasteiger partial charge on any atom is 0.306 e. The van der Waals surface area contributed by atoms with E-state index in [4.69, 9.17) is 14.2 Å². The molecule has 0 saturated heterocycles. The van der Waals surface area contributed by atoms with Crippen molar-refractivity contribution in [2.75, 3.05) is 11.9 Å². The number of nitrogens with one attached hydrogen (secondary N) is 1. The highest BCUT2D eigenvalue weighted by atomic mass is 16.7. The van der Waals surface area contributed by atoms with Gasteiger partial charge < -0.3 is 19.5 Å². The number of benzene rings is 2. The number of ether oxygens (including phenoxy) is 3. The van der Waals surface area contributed by atoms with Crippen LogP contribution in [0.4, 0.5) is 5.69 Å². The average Bonchev–Trinajstić information content (AvgIpc) is 3.08. The lowest BCUT2D eigenvalue weighted by atomic mass is 9.94. The molecule has 1 spiro atoms. The first-order valence-electron chi connectivity index (χ1n) is 10.1. The molecule has 1 saturated carbocycles. The largest absolute Gasteiger partial charge is 0.456 e. The van der Waals surface area contributed by atoms with E-state index in [-0.39, 0.29) is 18.9 Å². The molecule has 1 aliphatic heterocycles. The number of fused-ring (bicyclic) bond motifs is 1. The van der Waals surface area contributed by atoms with Crippen molar-refractivity contribution in [3.8, 4) is 11.5 Å². The Labute approximate surface area is 170 Å². The normalized spacial score (nSPS) is 16.4. The number of hydrogen-bond donors (Lipinski definition) is 1. The Kier molecular flexibility index (Phi) is 5.69. The lowest BCUT2D eigenvalue weighted by Crippen LogP contribution is -2.40. The van der Waals surface area contributed by atoms with Gasteiger partial charge in [0.1, 0.15) is 0 Å². The zero-order valence-electron chi connectivity index (χ0n) is 16.3. The fourth-order valence-corrected chi connectivity index (χ4v) is 3.77. The first-order chi connectivity index (χ1) is 14.1. The third kappa shape index (κ3) is 4.88. The van der Waals surface area contributed by atoms with Gasteiger partial charge in [0.05, 0.1) is 0 Å². The molecule has 1 heterocycles. The highest BCUT2D eigenvalue weighted by Gasteiger charge is 2.42. The van der Waals surface area contributed by atoms with Crippen LogP contribution in [0, 0.1) is 0 Å². The van der Waals surface area contributed by atoms with Crippen LogP contribution in [-0.2, 0) is 20.7 Å². The molecule has 0 atom stereocenters. The van der Waals surface area contributed by atoms with Crippen LogP contribution < -0.4 is 14.8 Å². The standard InChI is InChI=1S/C23H25NO5/c25-21(16-27-22(26)12-9-17-7-3-1-4-8-17)24-18-10-11-19-20(15-18)29-23(28-19)13-5-2-6-14-23/h1,3-4,7-8,10-11,15H,2,5-6,9,12-14,16H2,(H,24,25). The second kappa shape index (κ2) is 8.55. The minimum Gasteiger partial charge on any atom is -0.456 e. The number of amides is 1. The molecule has 1 N–H and O–H groups in total. The number of hydrogen-bond acceptors (Lipinski definition) is 5. The molecule has 152 valence electrons. The molecule has 0 unspecified atom stereocenters. The zero-order chi connectivity index (χ0) is 20.1. The number of rotatable bonds is 6. The Morgan fingerprint density at radius 2 is 1.72 bits per heavy atom. The first-order valence-corrected chi connectivity index (χ1v) is 10.1. The number of carbonyl (C=O) groups is 2. The summed E-state index contributed by atoms with van der Waals surface area (Å²) in [7, 11) is 0. The van der Waals surface area contributed by atoms with Crippen LogP contribution in [0.15, 0.2) is 48.5 Å². The van der Waals surface area contributed by atoms with Gasteiger partial charge in [0, 0.05) is 31.0 Å². The van der Waals surface area contributed by atoms with Crippen LogP contribution in [0.1, 0.15) is 44.1 Å². The summed E-state index contributed by atoms with van der Waals surface area (Å²) in [5.41, 5.74) is 1.65. The first kappa shape index (κ1) is 19.3. The molecule has 4 rings (SSSR count). The summed E-state index contributed by atoms with van der Waals surface area (Å²) in [4.78, 5) is 24.0. The number of aryl methyl sites for hydroxylation is 1. The van der Waals surface area contributed by atoms with Crippen LogP contribution in [0.25, 0.3) is 0 Å². The van der Waals surface area contributed by atoms with Gasteiger partial charge in [-0.05, 0) is 37.0 Å². The third-order valence-corrected chi connectivity index (χ3v) is 5.26. The molecule has 0 bridgehead atoms. The summed E-state index contributed by atoms with van der Waals surface area (Å²) < 4.78 is 17.2. The van der Waals surface area contributed by atoms with Gasteiger partial charge in [-0.3, -0.25) is 9.59 Å². The number of anilines is 1. The van der Waals surface area contributed by atoms with E-state index in [1.807, 2.05) is 30.3 Å². The maximum atomic E-state index is 12.1. The van der Waals surface area contributed by atoms with Crippen LogP contribution in [-0.4, -0.2) is 24.3 Å². The second-order valence-electron chi connectivity index (χ2n) is 7.53. The molecule has 6 nitrogen and oxygen atoms in total. The Balaban J connectivity index is 1.24. The smallest absolute Gasteiger partial charge is 0.306 e. The van der Waals surface area contributed by atoms with E-state index in [9.17, 15) is 9.59 Å². The molecule has 1 fully saturated rings. The third-order valence-electron chi connectivity index (χ3n) is 5.26. The van der Waals surface area contributed by atoms with Crippen molar-refractivity contribution in [1.29, 1.82) is 0 Å². The second-order valence-corrected chi connectivity index (χ2v) is 7.53. The Bertz CT molecular complexity index is 874. The van der Waals surface area contributed by atoms with Crippen molar-refractivity contribution in [1.82, 2.24) is 0 Å². The van der Waals surface area contributed by atoms with Crippen LogP contribution >= 0.6 is 0 Å². The quantitative estimate of drug-likeness (QED) is 0.741. The zero-order valence-corrected chi connectivity index (χ0v) is 16.3. The Morgan fingerprint density at radius 3 is 2.52 bits per heavy atom. The van der Waals surface area contributed by atoms with Crippen LogP contribution in [0.5, 0.6) is 11.5 Å². The van der Waals surface area contributed by atoms with Crippen molar-refractivity contribution in [3.63, 3.8) is 0 Å². The van der Waals surface area contributed by atoms with Gasteiger partial charge in [-0.25, -0.2) is 0 Å². The van der Waals surface area contributed by atoms with E-state index < -0.39 is 11.8 Å². The van der Waals surface area contributed by atoms with Gasteiger partial charge in [-0.2, -0.15) is 0 Å². The summed E-state index contributed by atoms with van der Waals surface area (Å²) in [5.74, 6) is 0.0253. The predicted molar refractivity (Wildman–Crippen MR) is 108 cm³/mol. The fourth-order valence-electron chi connectivity index (χ4n) is 3.77. The molecule has 0 aromatic heterocycles. The molecule has 2 aromatic carbocycles. The average molecular weight is 395 g/mol. The van der Waals surface area contributed by atoms with Gasteiger partial charge in [-0.15, -0.1) is 0 Å². The summed E-state index contributed by atoms with van der Waals surface area (Å²) >= 11 is 0. The van der Waals surface area contributed by atoms with E-state index in [0.29, 0.717) is 23.6 Å². The lowest BCUT2D eigenvalue weighted by Gasteiger charge is -2.31. The van der Waals surface area contributed by atoms with Crippen LogP contribution in [0.3, 0.4) is 0 Å². The lowest BCUT2D eigenvalue weighted by molar-refractivity contribution is -0.147. The SMILES string of the molecule is O=C(COC(=O)CCc1ccccc1)Nc1ccc2c(c1)OC1(CCCCC1)O2. The molecule has 2 aliphatic rings. The summed E-state index contributed by atoms with van der Waals surface area (Å²) in [6.45, 7) is -0.313. The van der Waals surface area contributed by atoms with E-state index >= 15 is 0 Å². The molecule has 1 amide bonds. The van der Waals surface area contributed by atoms with E-state index in [1.54, 1.807) is 18.2 Å². The molecule has 2 aromatic rings. The van der Waals surface area contributed by atoms with Crippen molar-refractivity contribution < 1.29 is 23.8 Å². The minimum absolute atomic E-state index is 0.239. The van der Waals surface area contributed by atoms with Gasteiger partial charge >= 0.3 is 5.97 Å². The summed E-state index contributed by atoms with van der Waals surface area (Å²) in [6, 6.07) is 15.0. The molecule has 29 heavy (non-hydrogen) atoms. The number of carbonyl (C=O) groups excluding carboxylic acids is 2. The van der Waals surface area contributed by atoms with Gasteiger partial charge in [0.25, 0.3) is 11.7 Å². The van der Waals surface area contributed by atoms with E-state index in [2.05, 4.69) is 5.32 Å². The van der Waals surface area contributed by atoms with Crippen molar-refractivity contribution in [3.05, 3.63) is 54.1 Å². The van der Waals surface area contributed by atoms with Gasteiger partial charge in [0.15, 0.2) is 18.1 Å². The molecule has 6 heteroatoms. The molecular formula is C23H25NO5. The van der Waals surface area contributed by atoms with E-state index in [1.165, 1.54) is 6.42 Å². The summed E-state index contributed by atoms with van der Waals surface area (Å²) in [5, 5.41) is 2.74.